The van der Waals surface area contributed by atoms with E-state index in [-0.39, 0.29) is 0 Å². The van der Waals surface area contributed by atoms with E-state index >= 15 is 0 Å². The van der Waals surface area contributed by atoms with Gasteiger partial charge in [0.1, 0.15) is 0 Å². The lowest BCUT2D eigenvalue weighted by Gasteiger charge is -2.37. The van der Waals surface area contributed by atoms with Crippen LogP contribution >= 0.6 is 0 Å². The molecule has 0 fully saturated rings. The Morgan fingerprint density at radius 2 is 1.42 bits per heavy atom. The predicted octanol–water partition coefficient (Wildman–Crippen LogP) is 6.61. The molecule has 0 saturated heterocycles. The SMILES string of the molecule is CCCC[C@@H](CCC)N(Cc1ccccc1)[C@@H](C)c1ccccc1. The zero-order valence-corrected chi connectivity index (χ0v) is 15.6. The standard InChI is InChI=1S/C23H33N/c1-4-6-18-23(13-5-2)24(19-21-14-9-7-10-15-21)20(3)22-16-11-8-12-17-22/h7-12,14-17,20,23H,4-6,13,18-19H2,1-3H3/t20-,23+/m0/s1. The van der Waals surface area contributed by atoms with Crippen LogP contribution in [0.25, 0.3) is 0 Å². The number of nitrogens with zero attached hydrogens (tertiary/aromatic N) is 1. The molecule has 0 aliphatic heterocycles. The van der Waals surface area contributed by atoms with Crippen molar-refractivity contribution in [2.75, 3.05) is 0 Å². The first-order chi connectivity index (χ1) is 11.8. The number of rotatable bonds is 10. The summed E-state index contributed by atoms with van der Waals surface area (Å²) < 4.78 is 0. The minimum atomic E-state index is 0.444. The predicted molar refractivity (Wildman–Crippen MR) is 105 cm³/mol. The fraction of sp³-hybridized carbons (Fsp3) is 0.478. The van der Waals surface area contributed by atoms with Gasteiger partial charge in [0, 0.05) is 18.6 Å². The summed E-state index contributed by atoms with van der Waals surface area (Å²) in [4.78, 5) is 2.73. The molecule has 130 valence electrons. The topological polar surface area (TPSA) is 3.24 Å². The van der Waals surface area contributed by atoms with Crippen molar-refractivity contribution >= 4 is 0 Å². The Kier molecular flexibility index (Phi) is 8.04. The van der Waals surface area contributed by atoms with Crippen molar-refractivity contribution in [3.8, 4) is 0 Å². The van der Waals surface area contributed by atoms with Crippen molar-refractivity contribution < 1.29 is 0 Å². The third-order valence-electron chi connectivity index (χ3n) is 4.97. The summed E-state index contributed by atoms with van der Waals surface area (Å²) in [5.74, 6) is 0. The minimum Gasteiger partial charge on any atom is -0.289 e. The Hall–Kier alpha value is -1.60. The Morgan fingerprint density at radius 3 is 2.00 bits per heavy atom. The second-order valence-corrected chi connectivity index (χ2v) is 6.83. The molecular weight excluding hydrogens is 290 g/mol. The summed E-state index contributed by atoms with van der Waals surface area (Å²) >= 11 is 0. The first-order valence-corrected chi connectivity index (χ1v) is 9.60. The fourth-order valence-electron chi connectivity index (χ4n) is 3.55. The van der Waals surface area contributed by atoms with Gasteiger partial charge in [-0.25, -0.2) is 0 Å². The molecule has 0 aliphatic rings. The van der Waals surface area contributed by atoms with Crippen LogP contribution in [-0.2, 0) is 6.54 Å². The molecule has 0 aromatic heterocycles. The highest BCUT2D eigenvalue weighted by Crippen LogP contribution is 2.28. The molecule has 1 heteroatoms. The van der Waals surface area contributed by atoms with Crippen LogP contribution in [-0.4, -0.2) is 10.9 Å². The summed E-state index contributed by atoms with van der Waals surface area (Å²) in [6, 6.07) is 23.0. The lowest BCUT2D eigenvalue weighted by atomic mass is 9.97. The summed E-state index contributed by atoms with van der Waals surface area (Å²) in [7, 11) is 0. The van der Waals surface area contributed by atoms with Crippen molar-refractivity contribution in [1.29, 1.82) is 0 Å². The number of benzene rings is 2. The van der Waals surface area contributed by atoms with Gasteiger partial charge in [0.2, 0.25) is 0 Å². The molecule has 2 aromatic rings. The fourth-order valence-corrected chi connectivity index (χ4v) is 3.55. The van der Waals surface area contributed by atoms with Crippen LogP contribution in [0.1, 0.15) is 70.0 Å². The molecule has 0 unspecified atom stereocenters. The minimum absolute atomic E-state index is 0.444. The van der Waals surface area contributed by atoms with Gasteiger partial charge >= 0.3 is 0 Å². The highest BCUT2D eigenvalue weighted by atomic mass is 15.2. The Labute approximate surface area is 148 Å². The first-order valence-electron chi connectivity index (χ1n) is 9.60. The monoisotopic (exact) mass is 323 g/mol. The Morgan fingerprint density at radius 1 is 0.792 bits per heavy atom. The van der Waals surface area contributed by atoms with E-state index in [1.807, 2.05) is 0 Å². The summed E-state index contributed by atoms with van der Waals surface area (Å²) in [6.07, 6.45) is 6.43. The molecule has 2 aromatic carbocycles. The molecule has 0 amide bonds. The van der Waals surface area contributed by atoms with Crippen molar-refractivity contribution in [2.45, 2.75) is 71.5 Å². The van der Waals surface area contributed by atoms with E-state index in [1.54, 1.807) is 0 Å². The molecule has 0 bridgehead atoms. The van der Waals surface area contributed by atoms with Crippen LogP contribution < -0.4 is 0 Å². The molecule has 0 N–H and O–H groups in total. The lowest BCUT2D eigenvalue weighted by Crippen LogP contribution is -2.37. The molecule has 2 atom stereocenters. The molecule has 1 nitrogen and oxygen atoms in total. The van der Waals surface area contributed by atoms with Crippen LogP contribution in [0.2, 0.25) is 0 Å². The van der Waals surface area contributed by atoms with E-state index in [9.17, 15) is 0 Å². The lowest BCUT2D eigenvalue weighted by molar-refractivity contribution is 0.116. The van der Waals surface area contributed by atoms with E-state index in [4.69, 9.17) is 0 Å². The molecule has 2 rings (SSSR count). The maximum absolute atomic E-state index is 2.73. The van der Waals surface area contributed by atoms with E-state index in [1.165, 1.54) is 43.2 Å². The Bertz CT molecular complexity index is 549. The highest BCUT2D eigenvalue weighted by molar-refractivity contribution is 5.20. The van der Waals surface area contributed by atoms with Gasteiger partial charge in [-0.2, -0.15) is 0 Å². The molecule has 0 radical (unpaired) electrons. The van der Waals surface area contributed by atoms with Crippen LogP contribution in [0.3, 0.4) is 0 Å². The maximum Gasteiger partial charge on any atom is 0.0326 e. The van der Waals surface area contributed by atoms with Crippen molar-refractivity contribution in [2.24, 2.45) is 0 Å². The van der Waals surface area contributed by atoms with Crippen molar-refractivity contribution in [3.05, 3.63) is 71.8 Å². The van der Waals surface area contributed by atoms with E-state index in [0.717, 1.165) is 6.54 Å². The average Bonchev–Trinajstić information content (AvgIpc) is 2.64. The van der Waals surface area contributed by atoms with Gasteiger partial charge in [-0.15, -0.1) is 0 Å². The normalized spacial score (nSPS) is 13.8. The third kappa shape index (κ3) is 5.49. The van der Waals surface area contributed by atoms with Crippen LogP contribution in [0.4, 0.5) is 0 Å². The van der Waals surface area contributed by atoms with Gasteiger partial charge in [-0.05, 0) is 30.9 Å². The number of hydrogen-bond donors (Lipinski definition) is 0. The van der Waals surface area contributed by atoms with E-state index in [2.05, 4.69) is 86.3 Å². The molecule has 0 saturated carbocycles. The second kappa shape index (κ2) is 10.3. The van der Waals surface area contributed by atoms with Crippen LogP contribution in [0.15, 0.2) is 60.7 Å². The van der Waals surface area contributed by atoms with Gasteiger partial charge in [-0.3, -0.25) is 4.90 Å². The largest absolute Gasteiger partial charge is 0.289 e. The van der Waals surface area contributed by atoms with Crippen LogP contribution in [0, 0.1) is 0 Å². The van der Waals surface area contributed by atoms with Crippen molar-refractivity contribution in [1.82, 2.24) is 4.90 Å². The van der Waals surface area contributed by atoms with Gasteiger partial charge in [0.05, 0.1) is 0 Å². The van der Waals surface area contributed by atoms with Gasteiger partial charge < -0.3 is 0 Å². The zero-order valence-electron chi connectivity index (χ0n) is 15.6. The Balaban J connectivity index is 2.24. The smallest absolute Gasteiger partial charge is 0.0326 e. The summed E-state index contributed by atoms with van der Waals surface area (Å²) in [5, 5.41) is 0. The molecule has 0 aliphatic carbocycles. The van der Waals surface area contributed by atoms with Crippen molar-refractivity contribution in [3.63, 3.8) is 0 Å². The van der Waals surface area contributed by atoms with Crippen LogP contribution in [0.5, 0.6) is 0 Å². The molecule has 0 spiro atoms. The van der Waals surface area contributed by atoms with E-state index < -0.39 is 0 Å². The number of hydrogen-bond acceptors (Lipinski definition) is 1. The first kappa shape index (κ1) is 18.7. The van der Waals surface area contributed by atoms with E-state index in [0.29, 0.717) is 12.1 Å². The number of unbranched alkanes of at least 4 members (excludes halogenated alkanes) is 1. The quantitative estimate of drug-likeness (QED) is 0.475. The third-order valence-corrected chi connectivity index (χ3v) is 4.97. The van der Waals surface area contributed by atoms with Gasteiger partial charge in [-0.1, -0.05) is 93.8 Å². The molecular formula is C23H33N. The van der Waals surface area contributed by atoms with Gasteiger partial charge in [0.15, 0.2) is 0 Å². The highest BCUT2D eigenvalue weighted by Gasteiger charge is 2.23. The summed E-state index contributed by atoms with van der Waals surface area (Å²) in [5.41, 5.74) is 2.84. The maximum atomic E-state index is 2.73. The summed E-state index contributed by atoms with van der Waals surface area (Å²) in [6.45, 7) is 8.01. The second-order valence-electron chi connectivity index (χ2n) is 6.83. The van der Waals surface area contributed by atoms with Gasteiger partial charge in [0.25, 0.3) is 0 Å². The zero-order chi connectivity index (χ0) is 17.2. The molecule has 24 heavy (non-hydrogen) atoms. The average molecular weight is 324 g/mol. The molecule has 0 heterocycles.